The van der Waals surface area contributed by atoms with E-state index in [2.05, 4.69) is 0 Å². The third-order valence-corrected chi connectivity index (χ3v) is 5.31. The van der Waals surface area contributed by atoms with E-state index in [0.29, 0.717) is 22.6 Å². The van der Waals surface area contributed by atoms with E-state index in [0.717, 1.165) is 0 Å². The van der Waals surface area contributed by atoms with Gasteiger partial charge >= 0.3 is 0 Å². The summed E-state index contributed by atoms with van der Waals surface area (Å²) in [5.74, 6) is -0.930. The number of carbonyl (C=O) groups is 2. The van der Waals surface area contributed by atoms with Crippen molar-refractivity contribution in [2.45, 2.75) is 12.6 Å². The fourth-order valence-electron chi connectivity index (χ4n) is 3.76. The molecule has 1 atom stereocenters. The Hall–Kier alpha value is -4.20. The van der Waals surface area contributed by atoms with Crippen molar-refractivity contribution in [1.82, 2.24) is 4.90 Å². The molecule has 2 N–H and O–H groups in total. The number of hydrogen-bond acceptors (Lipinski definition) is 7. The molecule has 1 unspecified atom stereocenters. The van der Waals surface area contributed by atoms with E-state index in [1.807, 2.05) is 0 Å². The summed E-state index contributed by atoms with van der Waals surface area (Å²) in [4.78, 5) is 27.3. The molecule has 0 aliphatic carbocycles. The molecule has 1 amide bonds. The lowest BCUT2D eigenvalue weighted by Gasteiger charge is -2.25. The van der Waals surface area contributed by atoms with E-state index < -0.39 is 17.7 Å². The smallest absolute Gasteiger partial charge is 0.296 e. The molecular formula is C24H21NO7. The Morgan fingerprint density at radius 1 is 1.06 bits per heavy atom. The van der Waals surface area contributed by atoms with E-state index >= 15 is 0 Å². The van der Waals surface area contributed by atoms with Gasteiger partial charge in [-0.05, 0) is 42.0 Å². The van der Waals surface area contributed by atoms with Crippen molar-refractivity contribution in [2.75, 3.05) is 14.2 Å². The minimum atomic E-state index is -0.955. The largest absolute Gasteiger partial charge is 0.507 e. The number of ketones is 1. The summed E-state index contributed by atoms with van der Waals surface area (Å²) in [5, 5.41) is 21.4. The maximum absolute atomic E-state index is 13.0. The Labute approximate surface area is 183 Å². The summed E-state index contributed by atoms with van der Waals surface area (Å²) in [6.07, 6.45) is 1.47. The van der Waals surface area contributed by atoms with E-state index in [1.165, 1.54) is 37.5 Å². The van der Waals surface area contributed by atoms with Crippen LogP contribution >= 0.6 is 0 Å². The predicted molar refractivity (Wildman–Crippen MR) is 114 cm³/mol. The Balaban J connectivity index is 1.88. The summed E-state index contributed by atoms with van der Waals surface area (Å²) in [7, 11) is 2.90. The molecule has 3 aromatic rings. The summed E-state index contributed by atoms with van der Waals surface area (Å²) in [5.41, 5.74) is 0.654. The van der Waals surface area contributed by atoms with Crippen LogP contribution in [0.4, 0.5) is 0 Å². The van der Waals surface area contributed by atoms with Gasteiger partial charge in [-0.2, -0.15) is 0 Å². The Bertz CT molecular complexity index is 1200. The van der Waals surface area contributed by atoms with Crippen molar-refractivity contribution in [1.29, 1.82) is 0 Å². The molecule has 4 rings (SSSR count). The van der Waals surface area contributed by atoms with Gasteiger partial charge in [-0.1, -0.05) is 18.2 Å². The number of hydrogen-bond donors (Lipinski definition) is 2. The van der Waals surface area contributed by atoms with Gasteiger partial charge in [-0.25, -0.2) is 0 Å². The topological polar surface area (TPSA) is 109 Å². The van der Waals surface area contributed by atoms with Crippen LogP contribution in [-0.2, 0) is 16.1 Å². The minimum Gasteiger partial charge on any atom is -0.507 e. The van der Waals surface area contributed by atoms with Crippen molar-refractivity contribution in [2.24, 2.45) is 0 Å². The standard InChI is InChI=1S/C24H21NO7/c1-30-16-6-3-5-15(11-16)22(27)20-21(14-8-9-19(31-2)18(26)12-14)25(24(29)23(20)28)13-17-7-4-10-32-17/h3-12,21,26-27H,13H2,1-2H3/b22-20-. The van der Waals surface area contributed by atoms with Crippen LogP contribution in [0.5, 0.6) is 17.2 Å². The molecule has 32 heavy (non-hydrogen) atoms. The van der Waals surface area contributed by atoms with E-state index in [1.54, 1.807) is 42.5 Å². The fourth-order valence-corrected chi connectivity index (χ4v) is 3.76. The predicted octanol–water partition coefficient (Wildman–Crippen LogP) is 3.62. The number of aliphatic hydroxyl groups excluding tert-OH is 1. The highest BCUT2D eigenvalue weighted by atomic mass is 16.5. The normalized spacial score (nSPS) is 17.6. The number of likely N-dealkylation sites (tertiary alicyclic amines) is 1. The maximum Gasteiger partial charge on any atom is 0.296 e. The number of Topliss-reactive ketones (excluding diaryl/α,β-unsaturated/α-hetero) is 1. The van der Waals surface area contributed by atoms with Gasteiger partial charge in [-0.15, -0.1) is 0 Å². The molecule has 1 fully saturated rings. The van der Waals surface area contributed by atoms with Crippen LogP contribution in [0.25, 0.3) is 5.76 Å². The third-order valence-electron chi connectivity index (χ3n) is 5.31. The highest BCUT2D eigenvalue weighted by Crippen LogP contribution is 2.42. The van der Waals surface area contributed by atoms with Crippen molar-refractivity contribution in [3.05, 3.63) is 83.3 Å². The molecule has 8 heteroatoms. The molecule has 1 saturated heterocycles. The van der Waals surface area contributed by atoms with Crippen molar-refractivity contribution >= 4 is 17.4 Å². The number of carbonyl (C=O) groups excluding carboxylic acids is 2. The first-order valence-electron chi connectivity index (χ1n) is 9.76. The summed E-state index contributed by atoms with van der Waals surface area (Å²) in [6, 6.07) is 13.5. The molecule has 164 valence electrons. The number of phenolic OH excluding ortho intramolecular Hbond substituents is 1. The first-order chi connectivity index (χ1) is 15.4. The van der Waals surface area contributed by atoms with Crippen molar-refractivity contribution in [3.63, 3.8) is 0 Å². The second-order valence-corrected chi connectivity index (χ2v) is 7.17. The van der Waals surface area contributed by atoms with Gasteiger partial charge in [0.05, 0.1) is 38.6 Å². The number of furan rings is 1. The van der Waals surface area contributed by atoms with Gasteiger partial charge < -0.3 is 29.0 Å². The van der Waals surface area contributed by atoms with Gasteiger partial charge in [0.2, 0.25) is 0 Å². The monoisotopic (exact) mass is 435 g/mol. The van der Waals surface area contributed by atoms with Crippen LogP contribution in [0, 0.1) is 0 Å². The first-order valence-corrected chi connectivity index (χ1v) is 9.76. The zero-order chi connectivity index (χ0) is 22.8. The quantitative estimate of drug-likeness (QED) is 0.346. The summed E-state index contributed by atoms with van der Waals surface area (Å²) >= 11 is 0. The number of aliphatic hydroxyl groups is 1. The Morgan fingerprint density at radius 2 is 1.88 bits per heavy atom. The number of nitrogens with zero attached hydrogens (tertiary/aromatic N) is 1. The zero-order valence-electron chi connectivity index (χ0n) is 17.4. The van der Waals surface area contributed by atoms with Crippen molar-refractivity contribution < 1.29 is 33.7 Å². The summed E-state index contributed by atoms with van der Waals surface area (Å²) in [6.45, 7) is 0.00389. The van der Waals surface area contributed by atoms with Gasteiger partial charge in [0.25, 0.3) is 11.7 Å². The summed E-state index contributed by atoms with van der Waals surface area (Å²) < 4.78 is 15.7. The molecule has 0 bridgehead atoms. The van der Waals surface area contributed by atoms with Crippen LogP contribution in [0.15, 0.2) is 70.9 Å². The van der Waals surface area contributed by atoms with Crippen LogP contribution in [0.3, 0.4) is 0 Å². The third kappa shape index (κ3) is 3.66. The van der Waals surface area contributed by atoms with Gasteiger partial charge in [-0.3, -0.25) is 9.59 Å². The number of amides is 1. The molecule has 1 aliphatic rings. The van der Waals surface area contributed by atoms with Crippen molar-refractivity contribution in [3.8, 4) is 17.2 Å². The second-order valence-electron chi connectivity index (χ2n) is 7.17. The van der Waals surface area contributed by atoms with Gasteiger partial charge in [0, 0.05) is 5.56 Å². The molecule has 1 aromatic heterocycles. The van der Waals surface area contributed by atoms with Crippen LogP contribution in [0.1, 0.15) is 22.9 Å². The lowest BCUT2D eigenvalue weighted by atomic mass is 9.95. The maximum atomic E-state index is 13.0. The highest BCUT2D eigenvalue weighted by Gasteiger charge is 2.46. The lowest BCUT2D eigenvalue weighted by molar-refractivity contribution is -0.140. The van der Waals surface area contributed by atoms with Gasteiger partial charge in [0.1, 0.15) is 17.3 Å². The number of rotatable bonds is 6. The average Bonchev–Trinajstić information content (AvgIpc) is 3.41. The molecule has 8 nitrogen and oxygen atoms in total. The second kappa shape index (κ2) is 8.50. The highest BCUT2D eigenvalue weighted by molar-refractivity contribution is 6.46. The molecule has 0 spiro atoms. The van der Waals surface area contributed by atoms with Crippen LogP contribution < -0.4 is 9.47 Å². The number of ether oxygens (including phenoxy) is 2. The van der Waals surface area contributed by atoms with E-state index in [-0.39, 0.29) is 29.4 Å². The Kier molecular flexibility index (Phi) is 5.59. The van der Waals surface area contributed by atoms with Crippen LogP contribution in [-0.4, -0.2) is 41.0 Å². The molecule has 0 radical (unpaired) electrons. The minimum absolute atomic E-state index is 0.00389. The number of aromatic hydroxyl groups is 1. The first kappa shape index (κ1) is 21.0. The van der Waals surface area contributed by atoms with Crippen LogP contribution in [0.2, 0.25) is 0 Å². The molecule has 2 heterocycles. The lowest BCUT2D eigenvalue weighted by Crippen LogP contribution is -2.29. The number of phenols is 1. The Morgan fingerprint density at radius 3 is 2.53 bits per heavy atom. The van der Waals surface area contributed by atoms with E-state index in [9.17, 15) is 19.8 Å². The molecule has 1 aliphatic heterocycles. The SMILES string of the molecule is COc1cccc(/C(O)=C2/C(=O)C(=O)N(Cc3ccco3)C2c2ccc(OC)c(O)c2)c1. The average molecular weight is 435 g/mol. The van der Waals surface area contributed by atoms with E-state index in [4.69, 9.17) is 13.9 Å². The molecule has 2 aromatic carbocycles. The molecular weight excluding hydrogens is 414 g/mol. The fraction of sp³-hybridized carbons (Fsp3) is 0.167. The number of benzene rings is 2. The number of methoxy groups -OCH3 is 2. The van der Waals surface area contributed by atoms with Gasteiger partial charge in [0.15, 0.2) is 11.5 Å². The zero-order valence-corrected chi connectivity index (χ0v) is 17.4. The molecule has 0 saturated carbocycles.